The van der Waals surface area contributed by atoms with Gasteiger partial charge in [-0.3, -0.25) is 29.5 Å². The predicted octanol–water partition coefficient (Wildman–Crippen LogP) is 33.8. The van der Waals surface area contributed by atoms with Gasteiger partial charge in [0, 0.05) is 186 Å². The third-order valence-electron chi connectivity index (χ3n) is 15.2. The van der Waals surface area contributed by atoms with Crippen LogP contribution in [0.15, 0.2) is 242 Å². The lowest BCUT2D eigenvalue weighted by atomic mass is 9.90. The number of hydrogen-bond acceptors (Lipinski definition) is 13. The summed E-state index contributed by atoms with van der Waals surface area (Å²) in [6.07, 6.45) is 19.4. The van der Waals surface area contributed by atoms with Crippen molar-refractivity contribution in [3.05, 3.63) is 294 Å². The Labute approximate surface area is 837 Å². The number of alkyl halides is 5. The molecular weight excluding hydrogens is 2320 g/mol. The summed E-state index contributed by atoms with van der Waals surface area (Å²) in [5, 5.41) is 32.7. The molecule has 7 aromatic heterocycles. The number of rotatable bonds is 4. The first kappa shape index (κ1) is 116. The fourth-order valence-electron chi connectivity index (χ4n) is 9.50. The number of aromatic amines is 1. The molecule has 41 heteroatoms. The van der Waals surface area contributed by atoms with E-state index in [9.17, 15) is 24.2 Å². The maximum atomic E-state index is 11.5. The fourth-order valence-corrected chi connectivity index (χ4v) is 13.1. The highest BCUT2D eigenvalue weighted by Crippen LogP contribution is 2.61. The van der Waals surface area contributed by atoms with E-state index in [0.29, 0.717) is 43.0 Å². The van der Waals surface area contributed by atoms with E-state index in [0.717, 1.165) is 103 Å². The number of H-pyrrole nitrogens is 1. The number of carbonyl (C=O) groups is 2. The number of amides is 1. The second-order valence-corrected chi connectivity index (χ2v) is 41.5. The second-order valence-electron chi connectivity index (χ2n) is 25.2. The summed E-state index contributed by atoms with van der Waals surface area (Å²) in [7, 11) is -0.388. The van der Waals surface area contributed by atoms with E-state index in [1.165, 1.54) is 9.79 Å². The zero-order chi connectivity index (χ0) is 89.1. The third-order valence-corrected chi connectivity index (χ3v) is 19.8. The SMILES string of the molecule is BrBr.C.C.C.CC(C)(C)OC(=O)NC/C=C/B1OC(C)(C)C(C)(C)O1.ClC(Cl)Cl.ClCCl.Clc1ccc2c(Br)cnc(Cl)c2c1.Clc1ccc2c(Br)cncc2c1.Clc1ccc2ccncc2c1.Clc1cccc2ccncc12.O=Cc1cccc(Cl)c1.O=P(Cl)(Cl)Cl.O=c1[nH]nc2c3cc(Cl)ccc3c(Br)cn12.O[n+]1cc(Br)c2ccc(Cl)cc2c1. The van der Waals surface area contributed by atoms with Gasteiger partial charge in [-0.2, -0.15) is 5.10 Å². The highest BCUT2D eigenvalue weighted by Gasteiger charge is 2.50. The summed E-state index contributed by atoms with van der Waals surface area (Å²) in [6, 6.07) is 44.6. The van der Waals surface area contributed by atoms with Crippen molar-refractivity contribution in [3.63, 3.8) is 0 Å². The van der Waals surface area contributed by atoms with Gasteiger partial charge in [0.15, 0.2) is 9.94 Å². The Kier molecular flexibility index (Phi) is 55.6. The molecule has 15 rings (SSSR count). The largest absolute Gasteiger partial charge is 0.486 e. The van der Waals surface area contributed by atoms with Crippen LogP contribution < -0.4 is 15.7 Å². The standard InChI is InChI=1S/C14H26BNO4.C10H5BrClN3O.C9H4BrCl2N.C9H6BrClNO.C9H5BrClN.2C9H6ClN.C7H5ClO.CHCl3.CH2Cl2.3CH4.Br2.Cl3OP/c1-12(2,3)18-11(17)16-10-8-9-15-19-13(4,5)14(6,7)20-15;11-8-4-15-9(13-14-10(15)16)7-3-5(12)1-2-6(7)8;10-8-4-13-9(12)7-3-5(11)1-2-6(7)8;10-9-5-12(13)4-6-3-7(11)1-2-8(6)9;10-9-5-12-4-6-3-7(11)1-2-8(6)9;10-9-2-1-7-3-4-11-6-8(7)5-9;10-9-3-1-2-7-4-5-11-6-8(7)9;8-7-3-1-2-6(4-7)5-9;2-1(3)4;2-1-3;;;;1-2;1-5(2,3)4/h8-9H,10H2,1-7H3,(H,16,17);1-4H,(H,14,16);1-4H;1-5,13H;1-5H;2*1-6H;1-5H;1H;1H2;3*1H4;;/q;;;+1;;;;;;;;;;;/b9-8+;;;;;;;;;;;;;;. The van der Waals surface area contributed by atoms with Gasteiger partial charge < -0.3 is 19.4 Å². The van der Waals surface area contributed by atoms with Crippen LogP contribution in [0, 0.1) is 0 Å². The molecule has 0 atom stereocenters. The average Bonchev–Trinajstić information content (AvgIpc) is 1.62. The molecule has 1 saturated heterocycles. The highest BCUT2D eigenvalue weighted by atomic mass is 80.9. The van der Waals surface area contributed by atoms with Crippen LogP contribution in [-0.4, -0.2) is 92.2 Å². The van der Waals surface area contributed by atoms with Crippen molar-refractivity contribution in [2.45, 2.75) is 91.8 Å². The fraction of sp³-hybridized carbons (Fsp3) is 0.198. The van der Waals surface area contributed by atoms with E-state index >= 15 is 0 Å². The molecule has 1 fully saturated rings. The number of aromatic nitrogens is 8. The monoisotopic (exact) mass is 2380 g/mol. The first-order valence-electron chi connectivity index (χ1n) is 33.4. The van der Waals surface area contributed by atoms with E-state index in [4.69, 9.17) is 165 Å². The summed E-state index contributed by atoms with van der Waals surface area (Å²) in [6.45, 7) is 13.9. The molecule has 0 unspecified atom stereocenters. The number of halogens is 22. The van der Waals surface area contributed by atoms with Gasteiger partial charge in [0.05, 0.1) is 26.4 Å². The van der Waals surface area contributed by atoms with Crippen LogP contribution in [0.4, 0.5) is 4.79 Å². The minimum absolute atomic E-state index is 0. The Morgan fingerprint density at radius 3 is 1.60 bits per heavy atom. The Balaban J connectivity index is 0.000000684. The van der Waals surface area contributed by atoms with Crippen LogP contribution in [-0.2, 0) is 18.6 Å². The van der Waals surface area contributed by atoms with Crippen LogP contribution >= 0.6 is 282 Å². The molecule has 7 aromatic carbocycles. The van der Waals surface area contributed by atoms with Crippen LogP contribution in [0.2, 0.25) is 40.3 Å². The molecule has 656 valence electrons. The number of fused-ring (bicyclic) bond motifs is 8. The summed E-state index contributed by atoms with van der Waals surface area (Å²) in [5.74, 6) is 1.80. The lowest BCUT2D eigenvalue weighted by Crippen LogP contribution is -2.41. The quantitative estimate of drug-likeness (QED) is 0.0285. The van der Waals surface area contributed by atoms with Crippen molar-refractivity contribution in [1.82, 2.24) is 39.9 Å². The number of carbonyl (C=O) groups excluding carboxylic acids is 2. The highest BCUT2D eigenvalue weighted by molar-refractivity contribution is 9.93. The number of pyridine rings is 6. The van der Waals surface area contributed by atoms with E-state index in [1.54, 1.807) is 123 Å². The van der Waals surface area contributed by atoms with Crippen molar-refractivity contribution in [1.29, 1.82) is 0 Å². The molecule has 3 N–H and O–H groups in total. The summed E-state index contributed by atoms with van der Waals surface area (Å²) in [4.78, 5) is 49.0. The number of nitrogens with one attached hydrogen (secondary N) is 2. The first-order valence-corrected chi connectivity index (χ1v) is 50.1. The van der Waals surface area contributed by atoms with E-state index < -0.39 is 21.2 Å². The third kappa shape index (κ3) is 41.9. The molecule has 0 radical (unpaired) electrons. The Morgan fingerprint density at radius 1 is 0.590 bits per heavy atom. The van der Waals surface area contributed by atoms with Crippen LogP contribution in [0.3, 0.4) is 0 Å². The summed E-state index contributed by atoms with van der Waals surface area (Å²) >= 11 is 103. The van der Waals surface area contributed by atoms with Gasteiger partial charge in [-0.25, -0.2) is 24.1 Å². The molecule has 0 spiro atoms. The van der Waals surface area contributed by atoms with Crippen LogP contribution in [0.5, 0.6) is 0 Å². The molecule has 14 aromatic rings. The minimum atomic E-state index is -3.22. The number of aldehydes is 1. The zero-order valence-corrected chi connectivity index (χ0v) is 85.1. The van der Waals surface area contributed by atoms with Gasteiger partial charge in [0.1, 0.15) is 17.0 Å². The number of ether oxygens (including phenoxy) is 1. The van der Waals surface area contributed by atoms with Crippen molar-refractivity contribution in [2.24, 2.45) is 0 Å². The molecule has 17 nitrogen and oxygen atoms in total. The van der Waals surface area contributed by atoms with E-state index in [-0.39, 0.29) is 51.6 Å². The molecular formula is C81H78BBr6Cl16N9O8P+. The Hall–Kier alpha value is -3.52. The molecule has 0 aliphatic carbocycles. The first-order chi connectivity index (χ1) is 55.9. The number of nitrogens with zero attached hydrogens (tertiary/aromatic N) is 7. The molecule has 0 saturated carbocycles. The van der Waals surface area contributed by atoms with Crippen molar-refractivity contribution >= 4 is 371 Å². The minimum Gasteiger partial charge on any atom is -0.444 e. The van der Waals surface area contributed by atoms with Gasteiger partial charge in [-0.05, 0) is 253 Å². The maximum Gasteiger partial charge on any atom is 0.486 e. The van der Waals surface area contributed by atoms with Gasteiger partial charge in [-0.15, -0.1) is 23.2 Å². The molecule has 1 aliphatic heterocycles. The number of benzene rings is 7. The summed E-state index contributed by atoms with van der Waals surface area (Å²) < 4.78 is 31.5. The van der Waals surface area contributed by atoms with E-state index in [1.807, 2.05) is 146 Å². The normalized spacial score (nSPS) is 11.8. The second kappa shape index (κ2) is 58.2. The molecule has 0 bridgehead atoms. The molecule has 1 aliphatic rings. The van der Waals surface area contributed by atoms with Crippen LogP contribution in [0.25, 0.3) is 70.3 Å². The van der Waals surface area contributed by atoms with Gasteiger partial charge in [0.2, 0.25) is 12.4 Å². The molecule has 122 heavy (non-hydrogen) atoms. The smallest absolute Gasteiger partial charge is 0.444 e. The zero-order valence-electron chi connectivity index (χ0n) is 62.6. The summed E-state index contributed by atoms with van der Waals surface area (Å²) in [5.41, 5.74) is -0.258. The number of hydrogen-bond donors (Lipinski definition) is 3. The van der Waals surface area contributed by atoms with Gasteiger partial charge in [0.25, 0.3) is 0 Å². The van der Waals surface area contributed by atoms with Gasteiger partial charge >= 0.3 is 24.1 Å². The van der Waals surface area contributed by atoms with Crippen molar-refractivity contribution < 1.29 is 38.1 Å². The van der Waals surface area contributed by atoms with Gasteiger partial charge in [-0.1, -0.05) is 217 Å². The maximum absolute atomic E-state index is 11.5. The van der Waals surface area contributed by atoms with E-state index in [2.05, 4.69) is 161 Å². The molecule has 8 heterocycles. The van der Waals surface area contributed by atoms with Crippen molar-refractivity contribution in [3.8, 4) is 0 Å². The van der Waals surface area contributed by atoms with Crippen molar-refractivity contribution in [2.75, 3.05) is 11.9 Å². The lowest BCUT2D eigenvalue weighted by molar-refractivity contribution is -0.904. The van der Waals surface area contributed by atoms with Crippen LogP contribution in [0.1, 0.15) is 81.1 Å². The molecule has 1 amide bonds. The Morgan fingerprint density at radius 2 is 1.06 bits per heavy atom. The number of alkyl carbamates (subject to hydrolysis) is 1. The average molecular weight is 2390 g/mol. The Bertz CT molecular complexity index is 5780. The topological polar surface area (TPSA) is 217 Å². The lowest BCUT2D eigenvalue weighted by Gasteiger charge is -2.32. The predicted molar refractivity (Wildman–Crippen MR) is 545 cm³/mol.